The molecule has 1 aliphatic heterocycles. The lowest BCUT2D eigenvalue weighted by Crippen LogP contribution is -2.46. The normalized spacial score (nSPS) is 14.4. The second-order valence-electron chi connectivity index (χ2n) is 5.32. The summed E-state index contributed by atoms with van der Waals surface area (Å²) in [5.41, 5.74) is 0.830. The summed E-state index contributed by atoms with van der Waals surface area (Å²) in [6.45, 7) is 5.25. The van der Waals surface area contributed by atoms with E-state index >= 15 is 0 Å². The van der Waals surface area contributed by atoms with Gasteiger partial charge in [-0.25, -0.2) is 0 Å². The van der Waals surface area contributed by atoms with Crippen molar-refractivity contribution in [3.63, 3.8) is 0 Å². The van der Waals surface area contributed by atoms with Gasteiger partial charge < -0.3 is 19.9 Å². The molecule has 0 bridgehead atoms. The van der Waals surface area contributed by atoms with Crippen LogP contribution in [0.15, 0.2) is 30.5 Å². The number of hydrogen-bond acceptors (Lipinski definition) is 7. The van der Waals surface area contributed by atoms with E-state index in [1.807, 2.05) is 36.1 Å². The van der Waals surface area contributed by atoms with E-state index in [9.17, 15) is 4.79 Å². The Balaban J connectivity index is 1.73. The lowest BCUT2D eigenvalue weighted by molar-refractivity contribution is -0.118. The van der Waals surface area contributed by atoms with E-state index in [4.69, 9.17) is 4.74 Å². The Morgan fingerprint density at radius 2 is 2.04 bits per heavy atom. The summed E-state index contributed by atoms with van der Waals surface area (Å²) < 4.78 is 5.60. The Morgan fingerprint density at radius 1 is 1.25 bits per heavy atom. The van der Waals surface area contributed by atoms with Gasteiger partial charge in [0, 0.05) is 26.2 Å². The topological polar surface area (TPSA) is 83.5 Å². The molecular weight excluding hydrogens is 308 g/mol. The Kier molecular flexibility index (Phi) is 5.05. The molecular formula is C16H20N6O2. The van der Waals surface area contributed by atoms with Crippen LogP contribution in [0.25, 0.3) is 0 Å². The van der Waals surface area contributed by atoms with Gasteiger partial charge in [-0.2, -0.15) is 10.1 Å². The first-order chi connectivity index (χ1) is 11.8. The van der Waals surface area contributed by atoms with Crippen molar-refractivity contribution in [2.24, 2.45) is 0 Å². The molecule has 2 aromatic rings. The van der Waals surface area contributed by atoms with Crippen molar-refractivity contribution in [3.05, 3.63) is 30.5 Å². The number of carbonyl (C=O) groups is 1. The van der Waals surface area contributed by atoms with E-state index < -0.39 is 0 Å². The first-order valence-electron chi connectivity index (χ1n) is 7.93. The molecule has 0 saturated carbocycles. The van der Waals surface area contributed by atoms with Gasteiger partial charge in [-0.15, -0.1) is 5.10 Å². The van der Waals surface area contributed by atoms with Crippen molar-refractivity contribution in [2.75, 3.05) is 43.0 Å². The molecule has 8 nitrogen and oxygen atoms in total. The highest BCUT2D eigenvalue weighted by molar-refractivity contribution is 5.64. The van der Waals surface area contributed by atoms with Gasteiger partial charge in [0.05, 0.1) is 18.5 Å². The summed E-state index contributed by atoms with van der Waals surface area (Å²) in [6, 6.07) is 7.68. The van der Waals surface area contributed by atoms with Crippen LogP contribution in [-0.2, 0) is 4.79 Å². The molecule has 1 aromatic heterocycles. The highest BCUT2D eigenvalue weighted by Crippen LogP contribution is 2.26. The fourth-order valence-electron chi connectivity index (χ4n) is 2.50. The van der Waals surface area contributed by atoms with Crippen LogP contribution < -0.4 is 15.0 Å². The maximum atomic E-state index is 10.8. The van der Waals surface area contributed by atoms with E-state index in [1.54, 1.807) is 11.1 Å². The first kappa shape index (κ1) is 16.0. The average Bonchev–Trinajstić information content (AvgIpc) is 2.64. The van der Waals surface area contributed by atoms with Crippen molar-refractivity contribution in [2.45, 2.75) is 6.92 Å². The number of rotatable bonds is 6. The van der Waals surface area contributed by atoms with Gasteiger partial charge in [0.15, 0.2) is 5.82 Å². The molecule has 1 aliphatic rings. The number of ether oxygens (including phenoxy) is 1. The van der Waals surface area contributed by atoms with Crippen molar-refractivity contribution < 1.29 is 9.53 Å². The van der Waals surface area contributed by atoms with E-state index in [0.717, 1.165) is 17.8 Å². The molecule has 8 heteroatoms. The van der Waals surface area contributed by atoms with Crippen molar-refractivity contribution in [3.8, 4) is 5.75 Å². The molecule has 1 fully saturated rings. The van der Waals surface area contributed by atoms with Crippen LogP contribution in [0.5, 0.6) is 5.75 Å². The third-order valence-corrected chi connectivity index (χ3v) is 3.74. The van der Waals surface area contributed by atoms with Gasteiger partial charge in [0.2, 0.25) is 12.4 Å². The second-order valence-corrected chi connectivity index (χ2v) is 5.32. The minimum atomic E-state index is 0.555. The number of amides is 1. The van der Waals surface area contributed by atoms with E-state index in [-0.39, 0.29) is 0 Å². The van der Waals surface area contributed by atoms with Crippen molar-refractivity contribution in [1.82, 2.24) is 20.1 Å². The summed E-state index contributed by atoms with van der Waals surface area (Å²) in [5, 5.41) is 11.4. The third-order valence-electron chi connectivity index (χ3n) is 3.74. The molecule has 0 aliphatic carbocycles. The largest absolute Gasteiger partial charge is 0.492 e. The summed E-state index contributed by atoms with van der Waals surface area (Å²) in [6.07, 6.45) is 2.45. The minimum Gasteiger partial charge on any atom is -0.492 e. The van der Waals surface area contributed by atoms with Crippen molar-refractivity contribution in [1.29, 1.82) is 0 Å². The van der Waals surface area contributed by atoms with E-state index in [2.05, 4.69) is 20.5 Å². The van der Waals surface area contributed by atoms with Gasteiger partial charge >= 0.3 is 0 Å². The summed E-state index contributed by atoms with van der Waals surface area (Å²) in [5.74, 6) is 1.92. The van der Waals surface area contributed by atoms with Crippen LogP contribution >= 0.6 is 0 Å². The fraction of sp³-hybridized carbons (Fsp3) is 0.375. The zero-order valence-electron chi connectivity index (χ0n) is 13.6. The molecule has 0 unspecified atom stereocenters. The molecule has 126 valence electrons. The van der Waals surface area contributed by atoms with Crippen LogP contribution in [0.4, 0.5) is 17.5 Å². The number of aromatic nitrogens is 3. The molecule has 1 amide bonds. The predicted octanol–water partition coefficient (Wildman–Crippen LogP) is 1.29. The zero-order valence-corrected chi connectivity index (χ0v) is 13.6. The monoisotopic (exact) mass is 328 g/mol. The molecule has 0 spiro atoms. The highest BCUT2D eigenvalue weighted by Gasteiger charge is 2.18. The number of anilines is 3. The molecule has 2 heterocycles. The molecule has 0 radical (unpaired) electrons. The van der Waals surface area contributed by atoms with Crippen LogP contribution in [0, 0.1) is 0 Å². The number of nitrogens with one attached hydrogen (secondary N) is 1. The lowest BCUT2D eigenvalue weighted by atomic mass is 10.3. The number of hydrogen-bond donors (Lipinski definition) is 1. The summed E-state index contributed by atoms with van der Waals surface area (Å²) in [4.78, 5) is 19.1. The number of benzene rings is 1. The molecule has 24 heavy (non-hydrogen) atoms. The van der Waals surface area contributed by atoms with Gasteiger partial charge in [0.25, 0.3) is 0 Å². The lowest BCUT2D eigenvalue weighted by Gasteiger charge is -2.32. The first-order valence-corrected chi connectivity index (χ1v) is 7.93. The van der Waals surface area contributed by atoms with Crippen LogP contribution in [0.3, 0.4) is 0 Å². The average molecular weight is 328 g/mol. The van der Waals surface area contributed by atoms with Crippen LogP contribution in [0.2, 0.25) is 0 Å². The fourth-order valence-corrected chi connectivity index (χ4v) is 2.50. The highest BCUT2D eigenvalue weighted by atomic mass is 16.5. The Hall–Kier alpha value is -2.90. The third kappa shape index (κ3) is 3.70. The van der Waals surface area contributed by atoms with Gasteiger partial charge in [0.1, 0.15) is 5.75 Å². The Labute approximate surface area is 140 Å². The SMILES string of the molecule is CCOc1ccccc1Nc1cnnc(N2CCN(C=O)CC2)n1. The smallest absolute Gasteiger partial charge is 0.247 e. The van der Waals surface area contributed by atoms with Gasteiger partial charge in [-0.05, 0) is 19.1 Å². The van der Waals surface area contributed by atoms with Crippen LogP contribution in [-0.4, -0.2) is 59.3 Å². The maximum absolute atomic E-state index is 10.8. The van der Waals surface area contributed by atoms with E-state index in [0.29, 0.717) is 44.6 Å². The minimum absolute atomic E-state index is 0.555. The number of para-hydroxylation sites is 2. The summed E-state index contributed by atoms with van der Waals surface area (Å²) >= 11 is 0. The standard InChI is InChI=1S/C16H20N6O2/c1-2-24-14-6-4-3-5-13(14)18-15-11-17-20-16(19-15)22-9-7-21(12-23)8-10-22/h3-6,11-12H,2,7-10H2,1H3,(H,18,19,20). The quantitative estimate of drug-likeness (QED) is 0.800. The zero-order chi connectivity index (χ0) is 16.8. The second kappa shape index (κ2) is 7.58. The maximum Gasteiger partial charge on any atom is 0.247 e. The van der Waals surface area contributed by atoms with Gasteiger partial charge in [-0.1, -0.05) is 12.1 Å². The number of carbonyl (C=O) groups excluding carboxylic acids is 1. The molecule has 1 saturated heterocycles. The summed E-state index contributed by atoms with van der Waals surface area (Å²) in [7, 11) is 0. The number of piperazine rings is 1. The molecule has 0 atom stereocenters. The number of nitrogens with zero attached hydrogens (tertiary/aromatic N) is 5. The van der Waals surface area contributed by atoms with Crippen molar-refractivity contribution >= 4 is 23.9 Å². The van der Waals surface area contributed by atoms with E-state index in [1.165, 1.54) is 0 Å². The molecule has 1 aromatic carbocycles. The van der Waals surface area contributed by atoms with Crippen LogP contribution in [0.1, 0.15) is 6.92 Å². The Morgan fingerprint density at radius 3 is 2.79 bits per heavy atom. The predicted molar refractivity (Wildman–Crippen MR) is 90.6 cm³/mol. The Bertz CT molecular complexity index is 688. The molecule has 3 rings (SSSR count). The van der Waals surface area contributed by atoms with Gasteiger partial charge in [-0.3, -0.25) is 4.79 Å². The molecule has 1 N–H and O–H groups in total.